The van der Waals surface area contributed by atoms with Crippen molar-refractivity contribution in [2.45, 2.75) is 57.6 Å². The monoisotopic (exact) mass is 566 g/mol. The molecule has 5 rings (SSSR count). The molecule has 3 aromatic carbocycles. The smallest absolute Gasteiger partial charge is 0.266 e. The number of nitrogens with zero attached hydrogens (tertiary/aromatic N) is 2. The number of halogens is 2. The lowest BCUT2D eigenvalue weighted by atomic mass is 9.90. The van der Waals surface area contributed by atoms with Crippen molar-refractivity contribution >= 4 is 46.4 Å². The van der Waals surface area contributed by atoms with E-state index in [0.29, 0.717) is 17.3 Å². The number of hydroxylamine groups is 1. The predicted octanol–water partition coefficient (Wildman–Crippen LogP) is 7.78. The van der Waals surface area contributed by atoms with E-state index in [-0.39, 0.29) is 10.9 Å². The van der Waals surface area contributed by atoms with Gasteiger partial charge in [0, 0.05) is 0 Å². The third-order valence-corrected chi connectivity index (χ3v) is 8.01. The number of unbranched alkanes of at least 4 members (excludes halogenated alkanes) is 5. The number of anilines is 2. The van der Waals surface area contributed by atoms with E-state index in [4.69, 9.17) is 32.8 Å². The van der Waals surface area contributed by atoms with Crippen molar-refractivity contribution in [2.24, 2.45) is 5.92 Å². The number of rotatable bonds is 11. The number of carbonyl (C=O) groups is 2. The van der Waals surface area contributed by atoms with Crippen molar-refractivity contribution in [3.8, 4) is 5.75 Å². The number of amides is 2. The molecule has 39 heavy (non-hydrogen) atoms. The van der Waals surface area contributed by atoms with Crippen molar-refractivity contribution in [3.63, 3.8) is 0 Å². The fourth-order valence-electron chi connectivity index (χ4n) is 5.26. The highest BCUT2D eigenvalue weighted by atomic mass is 35.5. The topological polar surface area (TPSA) is 59.1 Å². The molecule has 0 bridgehead atoms. The van der Waals surface area contributed by atoms with E-state index >= 15 is 0 Å². The number of hydrogen-bond acceptors (Lipinski definition) is 5. The average molecular weight is 568 g/mol. The molecule has 3 atom stereocenters. The molecule has 0 N–H and O–H groups in total. The zero-order valence-corrected chi connectivity index (χ0v) is 23.4. The Hall–Kier alpha value is -3.06. The first-order valence-electron chi connectivity index (χ1n) is 13.6. The Morgan fingerprint density at radius 2 is 1.51 bits per heavy atom. The average Bonchev–Trinajstić information content (AvgIpc) is 3.46. The van der Waals surface area contributed by atoms with E-state index in [2.05, 4.69) is 6.92 Å². The van der Waals surface area contributed by atoms with Crippen LogP contribution >= 0.6 is 23.2 Å². The van der Waals surface area contributed by atoms with E-state index in [1.807, 2.05) is 54.6 Å². The van der Waals surface area contributed by atoms with Gasteiger partial charge in [-0.15, -0.1) is 0 Å². The number of imide groups is 1. The molecule has 3 aromatic rings. The van der Waals surface area contributed by atoms with Crippen LogP contribution in [0.15, 0.2) is 72.8 Å². The van der Waals surface area contributed by atoms with Crippen molar-refractivity contribution in [3.05, 3.63) is 88.4 Å². The molecule has 204 valence electrons. The molecule has 2 aliphatic rings. The van der Waals surface area contributed by atoms with Crippen LogP contribution < -0.4 is 14.7 Å². The Kier molecular flexibility index (Phi) is 8.75. The number of fused-ring (bicyclic) bond motifs is 1. The Labute approximate surface area is 239 Å². The maximum absolute atomic E-state index is 13.8. The summed E-state index contributed by atoms with van der Waals surface area (Å²) >= 11 is 12.3. The summed E-state index contributed by atoms with van der Waals surface area (Å²) in [4.78, 5) is 34.6. The molecule has 0 radical (unpaired) electrons. The van der Waals surface area contributed by atoms with Crippen LogP contribution in [0.3, 0.4) is 0 Å². The van der Waals surface area contributed by atoms with E-state index in [0.717, 1.165) is 34.7 Å². The zero-order chi connectivity index (χ0) is 27.4. The van der Waals surface area contributed by atoms with Gasteiger partial charge in [-0.1, -0.05) is 92.6 Å². The van der Waals surface area contributed by atoms with Gasteiger partial charge in [-0.05, 0) is 54.4 Å². The Morgan fingerprint density at radius 1 is 0.795 bits per heavy atom. The molecule has 2 aliphatic heterocycles. The molecule has 0 aromatic heterocycles. The van der Waals surface area contributed by atoms with Crippen LogP contribution in [0.2, 0.25) is 10.0 Å². The zero-order valence-electron chi connectivity index (χ0n) is 21.9. The molecule has 8 heteroatoms. The van der Waals surface area contributed by atoms with Crippen LogP contribution in [0.4, 0.5) is 11.4 Å². The minimum atomic E-state index is -0.958. The minimum Gasteiger partial charge on any atom is -0.494 e. The van der Waals surface area contributed by atoms with Crippen LogP contribution in [-0.4, -0.2) is 24.5 Å². The van der Waals surface area contributed by atoms with Crippen LogP contribution in [0.25, 0.3) is 0 Å². The molecule has 0 unspecified atom stereocenters. The highest BCUT2D eigenvalue weighted by molar-refractivity contribution is 6.42. The van der Waals surface area contributed by atoms with E-state index in [9.17, 15) is 9.59 Å². The molecular formula is C31H32Cl2N2O4. The van der Waals surface area contributed by atoms with Gasteiger partial charge in [0.05, 0.1) is 34.1 Å². The summed E-state index contributed by atoms with van der Waals surface area (Å²) in [6.07, 6.45) is 6.27. The number of benzene rings is 3. The summed E-state index contributed by atoms with van der Waals surface area (Å²) in [6.45, 7) is 2.89. The Balaban J connectivity index is 1.36. The van der Waals surface area contributed by atoms with Crippen molar-refractivity contribution in [1.29, 1.82) is 0 Å². The van der Waals surface area contributed by atoms with E-state index in [1.54, 1.807) is 17.2 Å². The standard InChI is InChI=1S/C31H32Cl2N2O4/c1-2-3-4-5-6-10-19-38-24-16-13-21(14-17-24)28-27-29(39-35(28)22-11-8-7-9-12-22)31(37)34(30(27)36)23-15-18-25(32)26(33)20-23/h7-9,11-18,20,27-29H,2-6,10,19H2,1H3/t27-,28-,29+/m1/s1. The molecule has 0 aliphatic carbocycles. The molecule has 0 saturated carbocycles. The van der Waals surface area contributed by atoms with Gasteiger partial charge >= 0.3 is 0 Å². The summed E-state index contributed by atoms with van der Waals surface area (Å²) in [6, 6.07) is 21.5. The largest absolute Gasteiger partial charge is 0.494 e. The molecule has 2 saturated heterocycles. The second-order valence-electron chi connectivity index (χ2n) is 9.95. The van der Waals surface area contributed by atoms with Crippen LogP contribution in [-0.2, 0) is 14.4 Å². The second-order valence-corrected chi connectivity index (χ2v) is 10.8. The summed E-state index contributed by atoms with van der Waals surface area (Å²) < 4.78 is 5.96. The first-order valence-corrected chi connectivity index (χ1v) is 14.3. The fraction of sp³-hybridized carbons (Fsp3) is 0.355. The SMILES string of the molecule is CCCCCCCCOc1ccc([C@@H]2[C@H]3C(=O)N(c4ccc(Cl)c(Cl)c4)C(=O)[C@H]3ON2c2ccccc2)cc1. The van der Waals surface area contributed by atoms with Crippen molar-refractivity contribution < 1.29 is 19.2 Å². The Morgan fingerprint density at radius 3 is 2.23 bits per heavy atom. The fourth-order valence-corrected chi connectivity index (χ4v) is 5.56. The molecule has 2 heterocycles. The van der Waals surface area contributed by atoms with Gasteiger partial charge in [0.25, 0.3) is 5.91 Å². The molecule has 6 nitrogen and oxygen atoms in total. The molecular weight excluding hydrogens is 535 g/mol. The number of carbonyl (C=O) groups excluding carboxylic acids is 2. The maximum Gasteiger partial charge on any atom is 0.266 e. The van der Waals surface area contributed by atoms with Crippen molar-refractivity contribution in [2.75, 3.05) is 16.6 Å². The molecule has 2 amide bonds. The maximum atomic E-state index is 13.8. The minimum absolute atomic E-state index is 0.270. The van der Waals surface area contributed by atoms with Gasteiger partial charge in [-0.2, -0.15) is 0 Å². The number of hydrogen-bond donors (Lipinski definition) is 0. The highest BCUT2D eigenvalue weighted by Crippen LogP contribution is 2.48. The first kappa shape index (κ1) is 27.5. The molecule has 0 spiro atoms. The van der Waals surface area contributed by atoms with Gasteiger partial charge in [-0.3, -0.25) is 14.4 Å². The summed E-state index contributed by atoms with van der Waals surface area (Å²) in [5.41, 5.74) is 2.00. The second kappa shape index (κ2) is 12.4. The summed E-state index contributed by atoms with van der Waals surface area (Å²) in [7, 11) is 0. The summed E-state index contributed by atoms with van der Waals surface area (Å²) in [5.74, 6) is -0.719. The lowest BCUT2D eigenvalue weighted by Gasteiger charge is -2.29. The highest BCUT2D eigenvalue weighted by Gasteiger charge is 2.60. The van der Waals surface area contributed by atoms with Gasteiger partial charge in [0.2, 0.25) is 5.91 Å². The first-order chi connectivity index (χ1) is 19.0. The van der Waals surface area contributed by atoms with Crippen molar-refractivity contribution in [1.82, 2.24) is 0 Å². The van der Waals surface area contributed by atoms with Gasteiger partial charge < -0.3 is 4.74 Å². The molecule has 2 fully saturated rings. The predicted molar refractivity (Wildman–Crippen MR) is 154 cm³/mol. The summed E-state index contributed by atoms with van der Waals surface area (Å²) in [5, 5.41) is 2.30. The lowest BCUT2D eigenvalue weighted by Crippen LogP contribution is -2.37. The quantitative estimate of drug-likeness (QED) is 0.175. The van der Waals surface area contributed by atoms with Crippen LogP contribution in [0, 0.1) is 5.92 Å². The third-order valence-electron chi connectivity index (χ3n) is 7.28. The van der Waals surface area contributed by atoms with Gasteiger partial charge in [0.15, 0.2) is 6.10 Å². The lowest BCUT2D eigenvalue weighted by molar-refractivity contribution is -0.126. The number of ether oxygens (including phenoxy) is 1. The Bertz CT molecular complexity index is 1300. The van der Waals surface area contributed by atoms with E-state index < -0.39 is 24.0 Å². The van der Waals surface area contributed by atoms with Crippen LogP contribution in [0.1, 0.15) is 57.1 Å². The third kappa shape index (κ3) is 5.79. The van der Waals surface area contributed by atoms with Crippen LogP contribution in [0.5, 0.6) is 5.75 Å². The number of para-hydroxylation sites is 1. The van der Waals surface area contributed by atoms with E-state index in [1.165, 1.54) is 31.7 Å². The normalized spacial score (nSPS) is 20.5. The van der Waals surface area contributed by atoms with Gasteiger partial charge in [-0.25, -0.2) is 9.96 Å². The van der Waals surface area contributed by atoms with Gasteiger partial charge in [0.1, 0.15) is 11.7 Å².